The lowest BCUT2D eigenvalue weighted by atomic mass is 10.2. The topological polar surface area (TPSA) is 93.5 Å². The molecular weight excluding hydrogens is 370 g/mol. The SMILES string of the molecule is Cc1noc(C)c1COc1cccc(C(=O)NCCNC(=O)c2ccccc2)c1. The zero-order valence-corrected chi connectivity index (χ0v) is 16.4. The molecule has 2 N–H and O–H groups in total. The Hall–Kier alpha value is -3.61. The van der Waals surface area contributed by atoms with Gasteiger partial charge in [-0.1, -0.05) is 29.4 Å². The minimum absolute atomic E-state index is 0.172. The molecule has 0 radical (unpaired) electrons. The summed E-state index contributed by atoms with van der Waals surface area (Å²) >= 11 is 0. The van der Waals surface area contributed by atoms with Gasteiger partial charge in [0.15, 0.2) is 0 Å². The Labute approximate surface area is 169 Å². The fourth-order valence-electron chi connectivity index (χ4n) is 2.74. The number of aromatic nitrogens is 1. The summed E-state index contributed by atoms with van der Waals surface area (Å²) in [6, 6.07) is 15.9. The summed E-state index contributed by atoms with van der Waals surface area (Å²) in [5.74, 6) is 0.889. The van der Waals surface area contributed by atoms with E-state index >= 15 is 0 Å². The average molecular weight is 393 g/mol. The molecule has 7 nitrogen and oxygen atoms in total. The van der Waals surface area contributed by atoms with Crippen LogP contribution in [-0.4, -0.2) is 30.1 Å². The van der Waals surface area contributed by atoms with Crippen molar-refractivity contribution in [3.63, 3.8) is 0 Å². The quantitative estimate of drug-likeness (QED) is 0.574. The Bertz CT molecular complexity index is 963. The number of rotatable bonds is 8. The Kier molecular flexibility index (Phi) is 6.63. The molecule has 0 saturated heterocycles. The number of amides is 2. The third-order valence-corrected chi connectivity index (χ3v) is 4.39. The van der Waals surface area contributed by atoms with E-state index in [1.54, 1.807) is 48.5 Å². The lowest BCUT2D eigenvalue weighted by Gasteiger charge is -2.09. The van der Waals surface area contributed by atoms with Crippen LogP contribution in [0.5, 0.6) is 5.75 Å². The van der Waals surface area contributed by atoms with E-state index in [4.69, 9.17) is 9.26 Å². The van der Waals surface area contributed by atoms with E-state index in [0.29, 0.717) is 42.3 Å². The molecule has 3 rings (SSSR count). The first-order valence-corrected chi connectivity index (χ1v) is 9.30. The predicted octanol–water partition coefficient (Wildman–Crippen LogP) is 3.03. The number of carbonyl (C=O) groups is 2. The predicted molar refractivity (Wildman–Crippen MR) is 108 cm³/mol. The van der Waals surface area contributed by atoms with Crippen LogP contribution in [0.25, 0.3) is 0 Å². The summed E-state index contributed by atoms with van der Waals surface area (Å²) in [6.07, 6.45) is 0. The van der Waals surface area contributed by atoms with Crippen molar-refractivity contribution < 1.29 is 18.8 Å². The van der Waals surface area contributed by atoms with Crippen LogP contribution in [0.1, 0.15) is 37.7 Å². The minimum Gasteiger partial charge on any atom is -0.489 e. The van der Waals surface area contributed by atoms with Crippen molar-refractivity contribution in [3.8, 4) is 5.75 Å². The molecule has 0 aliphatic rings. The van der Waals surface area contributed by atoms with Crippen LogP contribution < -0.4 is 15.4 Å². The van der Waals surface area contributed by atoms with Gasteiger partial charge in [-0.25, -0.2) is 0 Å². The van der Waals surface area contributed by atoms with Crippen molar-refractivity contribution in [2.45, 2.75) is 20.5 Å². The van der Waals surface area contributed by atoms with Crippen molar-refractivity contribution in [1.29, 1.82) is 0 Å². The first-order chi connectivity index (χ1) is 14.0. The highest BCUT2D eigenvalue weighted by Crippen LogP contribution is 2.18. The van der Waals surface area contributed by atoms with E-state index in [1.807, 2.05) is 19.9 Å². The monoisotopic (exact) mass is 393 g/mol. The molecule has 29 heavy (non-hydrogen) atoms. The van der Waals surface area contributed by atoms with E-state index in [2.05, 4.69) is 15.8 Å². The highest BCUT2D eigenvalue weighted by Gasteiger charge is 2.11. The molecule has 0 atom stereocenters. The van der Waals surface area contributed by atoms with Crippen molar-refractivity contribution in [3.05, 3.63) is 82.7 Å². The van der Waals surface area contributed by atoms with Crippen LogP contribution >= 0.6 is 0 Å². The van der Waals surface area contributed by atoms with Crippen molar-refractivity contribution in [2.75, 3.05) is 13.1 Å². The van der Waals surface area contributed by atoms with Gasteiger partial charge in [-0.15, -0.1) is 0 Å². The van der Waals surface area contributed by atoms with Gasteiger partial charge in [0.25, 0.3) is 11.8 Å². The highest BCUT2D eigenvalue weighted by molar-refractivity contribution is 5.95. The first kappa shape index (κ1) is 20.1. The van der Waals surface area contributed by atoms with Gasteiger partial charge in [-0.05, 0) is 44.2 Å². The van der Waals surface area contributed by atoms with Gasteiger partial charge in [0.2, 0.25) is 0 Å². The number of ether oxygens (including phenoxy) is 1. The zero-order valence-electron chi connectivity index (χ0n) is 16.4. The van der Waals surface area contributed by atoms with E-state index in [-0.39, 0.29) is 11.8 Å². The molecule has 2 aromatic carbocycles. The molecule has 0 aliphatic heterocycles. The van der Waals surface area contributed by atoms with Gasteiger partial charge in [0.05, 0.1) is 11.3 Å². The molecule has 0 saturated carbocycles. The molecule has 0 unspecified atom stereocenters. The van der Waals surface area contributed by atoms with Crippen LogP contribution in [0, 0.1) is 13.8 Å². The Morgan fingerprint density at radius 2 is 1.59 bits per heavy atom. The zero-order chi connectivity index (χ0) is 20.6. The summed E-state index contributed by atoms with van der Waals surface area (Å²) in [6.45, 7) is 4.66. The van der Waals surface area contributed by atoms with E-state index in [1.165, 1.54) is 0 Å². The molecule has 0 spiro atoms. The second-order valence-electron chi connectivity index (χ2n) is 6.50. The van der Waals surface area contributed by atoms with Gasteiger partial charge in [-0.2, -0.15) is 0 Å². The molecule has 150 valence electrons. The first-order valence-electron chi connectivity index (χ1n) is 9.30. The smallest absolute Gasteiger partial charge is 0.251 e. The highest BCUT2D eigenvalue weighted by atomic mass is 16.5. The fourth-order valence-corrected chi connectivity index (χ4v) is 2.74. The second kappa shape index (κ2) is 9.54. The molecule has 7 heteroatoms. The number of hydrogen-bond acceptors (Lipinski definition) is 5. The maximum atomic E-state index is 12.3. The van der Waals surface area contributed by atoms with E-state index in [0.717, 1.165) is 11.3 Å². The number of carbonyl (C=O) groups excluding carboxylic acids is 2. The van der Waals surface area contributed by atoms with Crippen LogP contribution in [0.15, 0.2) is 59.1 Å². The molecule has 0 bridgehead atoms. The number of nitrogens with one attached hydrogen (secondary N) is 2. The normalized spacial score (nSPS) is 10.4. The van der Waals surface area contributed by atoms with E-state index < -0.39 is 0 Å². The van der Waals surface area contributed by atoms with Crippen LogP contribution in [0.2, 0.25) is 0 Å². The van der Waals surface area contributed by atoms with Crippen LogP contribution in [0.3, 0.4) is 0 Å². The van der Waals surface area contributed by atoms with Crippen LogP contribution in [0.4, 0.5) is 0 Å². The standard InChI is InChI=1S/C22H23N3O4/c1-15-20(16(2)29-25-15)14-28-19-10-6-9-18(13-19)22(27)24-12-11-23-21(26)17-7-4-3-5-8-17/h3-10,13H,11-12,14H2,1-2H3,(H,23,26)(H,24,27). The summed E-state index contributed by atoms with van der Waals surface area (Å²) in [7, 11) is 0. The van der Waals surface area contributed by atoms with Crippen LogP contribution in [-0.2, 0) is 6.61 Å². The van der Waals surface area contributed by atoms with Gasteiger partial charge < -0.3 is 19.9 Å². The maximum absolute atomic E-state index is 12.3. The molecule has 3 aromatic rings. The summed E-state index contributed by atoms with van der Waals surface area (Å²) in [5, 5.41) is 9.46. The summed E-state index contributed by atoms with van der Waals surface area (Å²) in [4.78, 5) is 24.3. The molecule has 0 fully saturated rings. The Balaban J connectivity index is 1.47. The molecule has 1 heterocycles. The largest absolute Gasteiger partial charge is 0.489 e. The number of aryl methyl sites for hydroxylation is 2. The number of benzene rings is 2. The fraction of sp³-hybridized carbons (Fsp3) is 0.227. The molecular formula is C22H23N3O4. The number of nitrogens with zero attached hydrogens (tertiary/aromatic N) is 1. The maximum Gasteiger partial charge on any atom is 0.251 e. The second-order valence-corrected chi connectivity index (χ2v) is 6.50. The third-order valence-electron chi connectivity index (χ3n) is 4.39. The van der Waals surface area contributed by atoms with Crippen molar-refractivity contribution in [2.24, 2.45) is 0 Å². The van der Waals surface area contributed by atoms with Gasteiger partial charge in [-0.3, -0.25) is 9.59 Å². The molecule has 1 aromatic heterocycles. The summed E-state index contributed by atoms with van der Waals surface area (Å²) < 4.78 is 10.9. The lowest BCUT2D eigenvalue weighted by molar-refractivity contribution is 0.0927. The number of hydrogen-bond donors (Lipinski definition) is 2. The van der Waals surface area contributed by atoms with Crippen molar-refractivity contribution >= 4 is 11.8 Å². The Morgan fingerprint density at radius 3 is 2.24 bits per heavy atom. The average Bonchev–Trinajstić information content (AvgIpc) is 3.07. The molecule has 2 amide bonds. The minimum atomic E-state index is -0.234. The van der Waals surface area contributed by atoms with E-state index in [9.17, 15) is 9.59 Å². The lowest BCUT2D eigenvalue weighted by Crippen LogP contribution is -2.34. The van der Waals surface area contributed by atoms with Gasteiger partial charge in [0.1, 0.15) is 18.1 Å². The van der Waals surface area contributed by atoms with Gasteiger partial charge >= 0.3 is 0 Å². The molecule has 0 aliphatic carbocycles. The summed E-state index contributed by atoms with van der Waals surface area (Å²) in [5.41, 5.74) is 2.75. The van der Waals surface area contributed by atoms with Crippen molar-refractivity contribution in [1.82, 2.24) is 15.8 Å². The van der Waals surface area contributed by atoms with Gasteiger partial charge in [0, 0.05) is 24.2 Å². The Morgan fingerprint density at radius 1 is 0.931 bits per heavy atom. The third kappa shape index (κ3) is 5.44.